The van der Waals surface area contributed by atoms with Crippen LogP contribution in [0.2, 0.25) is 0 Å². The number of hydrogen-bond donors (Lipinski definition) is 0. The molecule has 0 spiro atoms. The molecule has 2 aromatic rings. The first-order chi connectivity index (χ1) is 10.7. The van der Waals surface area contributed by atoms with E-state index in [1.165, 1.54) is 5.56 Å². The quantitative estimate of drug-likeness (QED) is 0.778. The maximum absolute atomic E-state index is 4.44. The van der Waals surface area contributed by atoms with Crippen LogP contribution < -0.4 is 0 Å². The average molecular weight is 331 g/mol. The van der Waals surface area contributed by atoms with Crippen LogP contribution in [-0.4, -0.2) is 31.1 Å². The number of aromatic nitrogens is 3. The van der Waals surface area contributed by atoms with Gasteiger partial charge in [-0.25, -0.2) is 0 Å². The molecule has 124 valence electrons. The van der Waals surface area contributed by atoms with Gasteiger partial charge in [-0.05, 0) is 31.7 Å². The van der Waals surface area contributed by atoms with Crippen LogP contribution >= 0.6 is 11.8 Å². The zero-order valence-corrected chi connectivity index (χ0v) is 15.7. The number of hydrogen-bond acceptors (Lipinski definition) is 4. The van der Waals surface area contributed by atoms with Gasteiger partial charge in [-0.3, -0.25) is 9.47 Å². The SMILES string of the molecule is CC(C)(C)c1ccc(-c2nnc3n2CN(C(C)(C)C)CS3)cc1. The highest BCUT2D eigenvalue weighted by atomic mass is 32.2. The van der Waals surface area contributed by atoms with E-state index in [9.17, 15) is 0 Å². The van der Waals surface area contributed by atoms with E-state index in [2.05, 4.69) is 85.5 Å². The Morgan fingerprint density at radius 3 is 2.17 bits per heavy atom. The van der Waals surface area contributed by atoms with Crippen molar-refractivity contribution in [2.45, 2.75) is 64.3 Å². The first-order valence-electron chi connectivity index (χ1n) is 8.08. The van der Waals surface area contributed by atoms with Gasteiger partial charge < -0.3 is 0 Å². The zero-order valence-electron chi connectivity index (χ0n) is 14.9. The molecule has 0 bridgehead atoms. The van der Waals surface area contributed by atoms with E-state index in [1.54, 1.807) is 11.8 Å². The van der Waals surface area contributed by atoms with Crippen LogP contribution in [0.15, 0.2) is 29.4 Å². The summed E-state index contributed by atoms with van der Waals surface area (Å²) in [6, 6.07) is 8.74. The fourth-order valence-electron chi connectivity index (χ4n) is 2.61. The summed E-state index contributed by atoms with van der Waals surface area (Å²) in [5.74, 6) is 1.92. The molecular formula is C18H26N4S. The van der Waals surface area contributed by atoms with E-state index in [-0.39, 0.29) is 11.0 Å². The third kappa shape index (κ3) is 3.31. The summed E-state index contributed by atoms with van der Waals surface area (Å²) in [6.45, 7) is 14.3. The Hall–Kier alpha value is -1.33. The Labute approximate surface area is 143 Å². The van der Waals surface area contributed by atoms with Gasteiger partial charge in [0.15, 0.2) is 11.0 Å². The van der Waals surface area contributed by atoms with Crippen molar-refractivity contribution in [2.75, 3.05) is 5.88 Å². The number of benzene rings is 1. The second kappa shape index (κ2) is 5.64. The standard InChI is InChI=1S/C18H26N4S/c1-17(2,3)14-9-7-13(8-10-14)15-19-20-16-22(15)11-21(12-23-16)18(4,5)6/h7-10H,11-12H2,1-6H3. The van der Waals surface area contributed by atoms with Crippen LogP contribution in [0.5, 0.6) is 0 Å². The fraction of sp³-hybridized carbons (Fsp3) is 0.556. The van der Waals surface area contributed by atoms with Crippen molar-refractivity contribution in [3.63, 3.8) is 0 Å². The lowest BCUT2D eigenvalue weighted by Gasteiger charge is -2.38. The normalized spacial score (nSPS) is 16.4. The molecule has 1 aromatic heterocycles. The summed E-state index contributed by atoms with van der Waals surface area (Å²) in [7, 11) is 0. The highest BCUT2D eigenvalue weighted by Crippen LogP contribution is 2.33. The van der Waals surface area contributed by atoms with Crippen LogP contribution in [0.25, 0.3) is 11.4 Å². The van der Waals surface area contributed by atoms with Gasteiger partial charge in [-0.2, -0.15) is 0 Å². The van der Waals surface area contributed by atoms with Gasteiger partial charge in [0.25, 0.3) is 0 Å². The third-order valence-corrected chi connectivity index (χ3v) is 5.34. The molecule has 0 radical (unpaired) electrons. The van der Waals surface area contributed by atoms with E-state index in [4.69, 9.17) is 0 Å². The summed E-state index contributed by atoms with van der Waals surface area (Å²) < 4.78 is 2.23. The lowest BCUT2D eigenvalue weighted by atomic mass is 9.87. The summed E-state index contributed by atoms with van der Waals surface area (Å²) in [6.07, 6.45) is 0. The monoisotopic (exact) mass is 330 g/mol. The molecule has 1 aliphatic rings. The molecule has 0 amide bonds. The van der Waals surface area contributed by atoms with E-state index < -0.39 is 0 Å². The van der Waals surface area contributed by atoms with Gasteiger partial charge in [0, 0.05) is 11.1 Å². The Balaban J connectivity index is 1.93. The van der Waals surface area contributed by atoms with Crippen molar-refractivity contribution >= 4 is 11.8 Å². The lowest BCUT2D eigenvalue weighted by molar-refractivity contribution is 0.115. The smallest absolute Gasteiger partial charge is 0.193 e. The second-order valence-corrected chi connectivity index (χ2v) is 9.10. The Kier molecular flexibility index (Phi) is 4.05. The molecule has 2 heterocycles. The van der Waals surface area contributed by atoms with Crippen molar-refractivity contribution < 1.29 is 0 Å². The van der Waals surface area contributed by atoms with Crippen LogP contribution in [-0.2, 0) is 12.1 Å². The van der Waals surface area contributed by atoms with E-state index in [0.717, 1.165) is 29.1 Å². The minimum absolute atomic E-state index is 0.141. The molecule has 0 fully saturated rings. The fourth-order valence-corrected chi connectivity index (χ4v) is 3.75. The largest absolute Gasteiger partial charge is 0.288 e. The molecule has 0 saturated carbocycles. The molecule has 5 heteroatoms. The topological polar surface area (TPSA) is 34.0 Å². The average Bonchev–Trinajstić information content (AvgIpc) is 2.88. The summed E-state index contributed by atoms with van der Waals surface area (Å²) in [5.41, 5.74) is 2.78. The van der Waals surface area contributed by atoms with E-state index in [0.29, 0.717) is 0 Å². The molecule has 0 saturated heterocycles. The van der Waals surface area contributed by atoms with Crippen molar-refractivity contribution in [3.8, 4) is 11.4 Å². The molecular weight excluding hydrogens is 304 g/mol. The number of thioether (sulfide) groups is 1. The first kappa shape index (κ1) is 16.5. The predicted octanol–water partition coefficient (Wildman–Crippen LogP) is 4.36. The molecule has 0 unspecified atom stereocenters. The maximum Gasteiger partial charge on any atom is 0.193 e. The Bertz CT molecular complexity index is 689. The Morgan fingerprint density at radius 1 is 0.957 bits per heavy atom. The second-order valence-electron chi connectivity index (χ2n) is 8.19. The van der Waals surface area contributed by atoms with Crippen LogP contribution in [0, 0.1) is 0 Å². The minimum atomic E-state index is 0.141. The molecule has 3 rings (SSSR count). The maximum atomic E-state index is 4.44. The predicted molar refractivity (Wildman–Crippen MR) is 96.5 cm³/mol. The van der Waals surface area contributed by atoms with Crippen molar-refractivity contribution in [1.29, 1.82) is 0 Å². The molecule has 1 aliphatic heterocycles. The van der Waals surface area contributed by atoms with Crippen LogP contribution in [0.4, 0.5) is 0 Å². The molecule has 4 nitrogen and oxygen atoms in total. The minimum Gasteiger partial charge on any atom is -0.288 e. The van der Waals surface area contributed by atoms with Gasteiger partial charge in [-0.15, -0.1) is 10.2 Å². The van der Waals surface area contributed by atoms with Crippen molar-refractivity contribution in [1.82, 2.24) is 19.7 Å². The van der Waals surface area contributed by atoms with Crippen molar-refractivity contribution in [2.24, 2.45) is 0 Å². The third-order valence-electron chi connectivity index (χ3n) is 4.34. The molecule has 0 atom stereocenters. The Morgan fingerprint density at radius 2 is 1.61 bits per heavy atom. The number of fused-ring (bicyclic) bond motifs is 1. The lowest BCUT2D eigenvalue weighted by Crippen LogP contribution is -2.44. The zero-order chi connectivity index (χ0) is 16.8. The van der Waals surface area contributed by atoms with E-state index in [1.807, 2.05) is 0 Å². The molecule has 0 N–H and O–H groups in total. The van der Waals surface area contributed by atoms with Gasteiger partial charge in [0.2, 0.25) is 0 Å². The summed E-state index contributed by atoms with van der Waals surface area (Å²) in [4.78, 5) is 2.45. The van der Waals surface area contributed by atoms with Crippen LogP contribution in [0.1, 0.15) is 47.1 Å². The highest BCUT2D eigenvalue weighted by molar-refractivity contribution is 7.99. The number of rotatable bonds is 1. The highest BCUT2D eigenvalue weighted by Gasteiger charge is 2.29. The van der Waals surface area contributed by atoms with Gasteiger partial charge in [-0.1, -0.05) is 56.8 Å². The van der Waals surface area contributed by atoms with Gasteiger partial charge in [0.1, 0.15) is 0 Å². The van der Waals surface area contributed by atoms with Gasteiger partial charge >= 0.3 is 0 Å². The van der Waals surface area contributed by atoms with Crippen LogP contribution in [0.3, 0.4) is 0 Å². The molecule has 23 heavy (non-hydrogen) atoms. The molecule has 0 aliphatic carbocycles. The van der Waals surface area contributed by atoms with Gasteiger partial charge in [0.05, 0.1) is 12.5 Å². The van der Waals surface area contributed by atoms with E-state index >= 15 is 0 Å². The summed E-state index contributed by atoms with van der Waals surface area (Å²) in [5, 5.41) is 9.83. The molecule has 1 aromatic carbocycles. The van der Waals surface area contributed by atoms with Crippen molar-refractivity contribution in [3.05, 3.63) is 29.8 Å². The summed E-state index contributed by atoms with van der Waals surface area (Å²) >= 11 is 1.76. The first-order valence-corrected chi connectivity index (χ1v) is 9.07. The number of nitrogens with zero attached hydrogens (tertiary/aromatic N) is 4.